The third kappa shape index (κ3) is 1.97. The van der Waals surface area contributed by atoms with Gasteiger partial charge in [-0.1, -0.05) is 6.08 Å². The lowest BCUT2D eigenvalue weighted by Crippen LogP contribution is -2.05. The van der Waals surface area contributed by atoms with Crippen LogP contribution in [0.15, 0.2) is 24.9 Å². The van der Waals surface area contributed by atoms with Gasteiger partial charge in [0.1, 0.15) is 6.07 Å². The molecule has 0 spiro atoms. The van der Waals surface area contributed by atoms with Crippen LogP contribution in [0.3, 0.4) is 0 Å². The first-order valence-corrected chi connectivity index (χ1v) is 3.79. The highest BCUT2D eigenvalue weighted by atomic mass is 15.0. The highest BCUT2D eigenvalue weighted by Gasteiger charge is 2.03. The lowest BCUT2D eigenvalue weighted by atomic mass is 10.2. The zero-order valence-electron chi connectivity index (χ0n) is 7.12. The Hall–Kier alpha value is -2.02. The summed E-state index contributed by atoms with van der Waals surface area (Å²) in [6.45, 7) is 4.13. The van der Waals surface area contributed by atoms with Gasteiger partial charge in [-0.05, 0) is 6.07 Å². The number of hydrogen-bond donors (Lipinski definition) is 2. The van der Waals surface area contributed by atoms with Gasteiger partial charge in [0.2, 0.25) is 0 Å². The molecule has 1 rings (SSSR count). The zero-order chi connectivity index (χ0) is 9.68. The quantitative estimate of drug-likeness (QED) is 0.673. The lowest BCUT2D eigenvalue weighted by Gasteiger charge is -2.05. The fourth-order valence-corrected chi connectivity index (χ4v) is 0.880. The highest BCUT2D eigenvalue weighted by Crippen LogP contribution is 2.18. The van der Waals surface area contributed by atoms with Crippen LogP contribution >= 0.6 is 0 Å². The predicted octanol–water partition coefficient (Wildman–Crippen LogP) is 1.13. The van der Waals surface area contributed by atoms with Crippen LogP contribution in [-0.2, 0) is 0 Å². The van der Waals surface area contributed by atoms with E-state index in [2.05, 4.69) is 16.9 Å². The second kappa shape index (κ2) is 4.12. The molecule has 0 amide bonds. The third-order valence-corrected chi connectivity index (χ3v) is 1.52. The molecular formula is C9H10N4. The molecule has 0 fully saturated rings. The molecule has 0 aliphatic carbocycles. The summed E-state index contributed by atoms with van der Waals surface area (Å²) in [5.41, 5.74) is 6.47. The standard InChI is InChI=1S/C9H10N4/c1-2-4-12-9-8(11)7(6-10)3-5-13-9/h2-3,5H,1,4,11H2,(H,12,13). The Balaban J connectivity index is 2.95. The van der Waals surface area contributed by atoms with Crippen LogP contribution in [0.5, 0.6) is 0 Å². The van der Waals surface area contributed by atoms with Crippen molar-refractivity contribution in [3.63, 3.8) is 0 Å². The molecule has 0 saturated heterocycles. The second-order valence-electron chi connectivity index (χ2n) is 2.40. The van der Waals surface area contributed by atoms with Gasteiger partial charge in [-0.25, -0.2) is 4.98 Å². The van der Waals surface area contributed by atoms with Gasteiger partial charge in [-0.15, -0.1) is 6.58 Å². The molecule has 0 aliphatic heterocycles. The number of nitriles is 1. The van der Waals surface area contributed by atoms with Gasteiger partial charge in [-0.3, -0.25) is 0 Å². The largest absolute Gasteiger partial charge is 0.395 e. The molecule has 13 heavy (non-hydrogen) atoms. The molecule has 0 aromatic carbocycles. The summed E-state index contributed by atoms with van der Waals surface area (Å²) in [6.07, 6.45) is 3.24. The maximum Gasteiger partial charge on any atom is 0.150 e. The Bertz CT molecular complexity index is 351. The second-order valence-corrected chi connectivity index (χ2v) is 2.40. The number of nitrogens with two attached hydrogens (primary N) is 1. The number of nitrogen functional groups attached to an aromatic ring is 1. The average molecular weight is 174 g/mol. The first-order valence-electron chi connectivity index (χ1n) is 3.79. The normalized spacial score (nSPS) is 8.85. The van der Waals surface area contributed by atoms with Crippen LogP contribution in [0.4, 0.5) is 11.5 Å². The molecule has 1 aromatic heterocycles. The number of rotatable bonds is 3. The average Bonchev–Trinajstić information content (AvgIpc) is 2.16. The molecule has 66 valence electrons. The molecule has 3 N–H and O–H groups in total. The van der Waals surface area contributed by atoms with Gasteiger partial charge in [-0.2, -0.15) is 5.26 Å². The summed E-state index contributed by atoms with van der Waals surface area (Å²) in [6, 6.07) is 3.56. The maximum atomic E-state index is 8.66. The van der Waals surface area contributed by atoms with Crippen LogP contribution in [0.1, 0.15) is 5.56 Å². The monoisotopic (exact) mass is 174 g/mol. The molecule has 0 bridgehead atoms. The zero-order valence-corrected chi connectivity index (χ0v) is 7.12. The molecule has 1 heterocycles. The SMILES string of the molecule is C=CCNc1nccc(C#N)c1N. The van der Waals surface area contributed by atoms with E-state index >= 15 is 0 Å². The Kier molecular flexibility index (Phi) is 2.87. The van der Waals surface area contributed by atoms with Crippen molar-refractivity contribution in [2.45, 2.75) is 0 Å². The Morgan fingerprint density at radius 2 is 2.54 bits per heavy atom. The van der Waals surface area contributed by atoms with Gasteiger partial charge in [0, 0.05) is 12.7 Å². The summed E-state index contributed by atoms with van der Waals surface area (Å²) in [5, 5.41) is 11.6. The van der Waals surface area contributed by atoms with Crippen molar-refractivity contribution in [3.05, 3.63) is 30.5 Å². The first-order chi connectivity index (χ1) is 6.29. The van der Waals surface area contributed by atoms with E-state index in [1.165, 1.54) is 0 Å². The minimum absolute atomic E-state index is 0.381. The number of nitrogens with zero attached hydrogens (tertiary/aromatic N) is 2. The van der Waals surface area contributed by atoms with Crippen molar-refractivity contribution in [1.29, 1.82) is 5.26 Å². The lowest BCUT2D eigenvalue weighted by molar-refractivity contribution is 1.23. The Labute approximate surface area is 76.7 Å². The molecule has 4 nitrogen and oxygen atoms in total. The van der Waals surface area contributed by atoms with E-state index in [-0.39, 0.29) is 0 Å². The molecule has 0 atom stereocenters. The first kappa shape index (κ1) is 9.07. The maximum absolute atomic E-state index is 8.66. The summed E-state index contributed by atoms with van der Waals surface area (Å²) < 4.78 is 0. The number of hydrogen-bond acceptors (Lipinski definition) is 4. The summed E-state index contributed by atoms with van der Waals surface area (Å²) in [5.74, 6) is 0.527. The minimum atomic E-state index is 0.381. The third-order valence-electron chi connectivity index (χ3n) is 1.52. The predicted molar refractivity (Wildman–Crippen MR) is 52.1 cm³/mol. The molecule has 1 aromatic rings. The molecule has 0 unspecified atom stereocenters. The van der Waals surface area contributed by atoms with E-state index in [1.807, 2.05) is 6.07 Å². The van der Waals surface area contributed by atoms with Crippen molar-refractivity contribution in [2.75, 3.05) is 17.6 Å². The fraction of sp³-hybridized carbons (Fsp3) is 0.111. The van der Waals surface area contributed by atoms with Crippen LogP contribution < -0.4 is 11.1 Å². The fourth-order valence-electron chi connectivity index (χ4n) is 0.880. The highest BCUT2D eigenvalue weighted by molar-refractivity contribution is 5.68. The van der Waals surface area contributed by atoms with Crippen LogP contribution in [0, 0.1) is 11.3 Å². The van der Waals surface area contributed by atoms with Crippen molar-refractivity contribution in [1.82, 2.24) is 4.98 Å². The smallest absolute Gasteiger partial charge is 0.150 e. The van der Waals surface area contributed by atoms with E-state index in [0.717, 1.165) is 0 Å². The summed E-state index contributed by atoms with van der Waals surface area (Å²) in [7, 11) is 0. The molecule has 0 aliphatic rings. The van der Waals surface area contributed by atoms with E-state index in [9.17, 15) is 0 Å². The van der Waals surface area contributed by atoms with Crippen LogP contribution in [0.2, 0.25) is 0 Å². The molecular weight excluding hydrogens is 164 g/mol. The number of pyridine rings is 1. The van der Waals surface area contributed by atoms with Crippen molar-refractivity contribution < 1.29 is 0 Å². The van der Waals surface area contributed by atoms with E-state index in [1.54, 1.807) is 18.3 Å². The number of nitrogens with one attached hydrogen (secondary N) is 1. The van der Waals surface area contributed by atoms with Crippen LogP contribution in [0.25, 0.3) is 0 Å². The van der Waals surface area contributed by atoms with Gasteiger partial charge >= 0.3 is 0 Å². The van der Waals surface area contributed by atoms with Crippen molar-refractivity contribution in [3.8, 4) is 6.07 Å². The van der Waals surface area contributed by atoms with Gasteiger partial charge in [0.05, 0.1) is 11.3 Å². The van der Waals surface area contributed by atoms with Crippen LogP contribution in [-0.4, -0.2) is 11.5 Å². The summed E-state index contributed by atoms with van der Waals surface area (Å²) >= 11 is 0. The molecule has 0 saturated carbocycles. The van der Waals surface area contributed by atoms with Gasteiger partial charge in [0.15, 0.2) is 5.82 Å². The van der Waals surface area contributed by atoms with Gasteiger partial charge < -0.3 is 11.1 Å². The Morgan fingerprint density at radius 3 is 3.15 bits per heavy atom. The van der Waals surface area contributed by atoms with Crippen molar-refractivity contribution >= 4 is 11.5 Å². The number of anilines is 2. The topological polar surface area (TPSA) is 74.7 Å². The van der Waals surface area contributed by atoms with E-state index < -0.39 is 0 Å². The van der Waals surface area contributed by atoms with Gasteiger partial charge in [0.25, 0.3) is 0 Å². The van der Waals surface area contributed by atoms with E-state index in [0.29, 0.717) is 23.6 Å². The minimum Gasteiger partial charge on any atom is -0.395 e. The summed E-state index contributed by atoms with van der Waals surface area (Å²) in [4.78, 5) is 3.99. The van der Waals surface area contributed by atoms with E-state index in [4.69, 9.17) is 11.0 Å². The number of aromatic nitrogens is 1. The Morgan fingerprint density at radius 1 is 1.77 bits per heavy atom. The van der Waals surface area contributed by atoms with Crippen molar-refractivity contribution in [2.24, 2.45) is 0 Å². The molecule has 4 heteroatoms. The molecule has 0 radical (unpaired) electrons.